The van der Waals surface area contributed by atoms with Gasteiger partial charge in [0.2, 0.25) is 0 Å². The Morgan fingerprint density at radius 1 is 1.00 bits per heavy atom. The Balaban J connectivity index is 3.12. The van der Waals surface area contributed by atoms with Gasteiger partial charge in [0.15, 0.2) is 11.5 Å². The summed E-state index contributed by atoms with van der Waals surface area (Å²) < 4.78 is 14.3. The summed E-state index contributed by atoms with van der Waals surface area (Å²) in [6, 6.07) is 3.98. The van der Waals surface area contributed by atoms with E-state index in [0.717, 1.165) is 13.0 Å². The predicted molar refractivity (Wildman–Crippen MR) is 79.4 cm³/mol. The first-order chi connectivity index (χ1) is 10.7. The number of carbonyl (C=O) groups excluding carboxylic acids is 4. The number of esters is 4. The Kier molecular flexibility index (Phi) is 5.96. The van der Waals surface area contributed by atoms with Gasteiger partial charge in [-0.15, -0.1) is 0 Å². The molecule has 0 aromatic heterocycles. The highest BCUT2D eigenvalue weighted by Crippen LogP contribution is 2.31. The minimum atomic E-state index is -0.982. The lowest BCUT2D eigenvalue weighted by atomic mass is 10.1. The average molecular weight is 318 g/mol. The molecule has 1 aromatic rings. The molecule has 0 radical (unpaired) electrons. The molecule has 0 aliphatic carbocycles. The van der Waals surface area contributed by atoms with Crippen LogP contribution in [0.3, 0.4) is 0 Å². The minimum absolute atomic E-state index is 0.000199. The Labute approximate surface area is 132 Å². The van der Waals surface area contributed by atoms with Crippen LogP contribution in [0.25, 0.3) is 5.57 Å². The topological polar surface area (TPSA) is 96.0 Å². The summed E-state index contributed by atoms with van der Waals surface area (Å²) in [6.45, 7) is 9.03. The van der Waals surface area contributed by atoms with E-state index in [2.05, 4.69) is 17.9 Å². The van der Waals surface area contributed by atoms with Crippen LogP contribution in [-0.2, 0) is 23.9 Å². The van der Waals surface area contributed by atoms with E-state index in [-0.39, 0.29) is 22.6 Å². The van der Waals surface area contributed by atoms with E-state index in [9.17, 15) is 19.2 Å². The molecule has 0 aliphatic heterocycles. The summed E-state index contributed by atoms with van der Waals surface area (Å²) in [5.41, 5.74) is 0.0713. The lowest BCUT2D eigenvalue weighted by Crippen LogP contribution is -2.12. The summed E-state index contributed by atoms with van der Waals surface area (Å²) in [4.78, 5) is 44.9. The molecule has 0 unspecified atom stereocenters. The lowest BCUT2D eigenvalue weighted by Gasteiger charge is -2.11. The molecule has 1 aromatic carbocycles. The monoisotopic (exact) mass is 318 g/mol. The van der Waals surface area contributed by atoms with Crippen LogP contribution >= 0.6 is 0 Å². The van der Waals surface area contributed by atoms with Gasteiger partial charge in [-0.3, -0.25) is 9.59 Å². The van der Waals surface area contributed by atoms with Crippen molar-refractivity contribution in [1.82, 2.24) is 0 Å². The van der Waals surface area contributed by atoms with Crippen molar-refractivity contribution in [3.8, 4) is 11.5 Å². The zero-order valence-electron chi connectivity index (χ0n) is 12.6. The molecule has 7 heteroatoms. The van der Waals surface area contributed by atoms with Crippen LogP contribution < -0.4 is 9.47 Å². The second kappa shape index (κ2) is 7.69. The maximum atomic E-state index is 11.7. The van der Waals surface area contributed by atoms with Crippen LogP contribution in [-0.4, -0.2) is 23.9 Å². The highest BCUT2D eigenvalue weighted by molar-refractivity contribution is 6.19. The van der Waals surface area contributed by atoms with Gasteiger partial charge in [0.25, 0.3) is 0 Å². The molecule has 0 amide bonds. The smallest absolute Gasteiger partial charge is 0.346 e. The van der Waals surface area contributed by atoms with Gasteiger partial charge in [-0.1, -0.05) is 19.2 Å². The molecule has 0 N–H and O–H groups in total. The van der Waals surface area contributed by atoms with Crippen molar-refractivity contribution in [2.24, 2.45) is 0 Å². The van der Waals surface area contributed by atoms with Crippen molar-refractivity contribution in [3.05, 3.63) is 43.0 Å². The summed E-state index contributed by atoms with van der Waals surface area (Å²) in [7, 11) is 0. The van der Waals surface area contributed by atoms with Crippen LogP contribution in [0.2, 0.25) is 0 Å². The minimum Gasteiger partial charge on any atom is -0.423 e. The van der Waals surface area contributed by atoms with Crippen LogP contribution in [0, 0.1) is 0 Å². The summed E-state index contributed by atoms with van der Waals surface area (Å²) >= 11 is 0. The van der Waals surface area contributed by atoms with Crippen molar-refractivity contribution in [2.75, 3.05) is 0 Å². The van der Waals surface area contributed by atoms with Gasteiger partial charge in [0, 0.05) is 19.9 Å². The van der Waals surface area contributed by atoms with E-state index < -0.39 is 23.9 Å². The number of benzene rings is 1. The zero-order chi connectivity index (χ0) is 17.6. The fraction of sp³-hybridized carbons (Fsp3) is 0.125. The lowest BCUT2D eigenvalue weighted by molar-refractivity contribution is -0.151. The molecule has 120 valence electrons. The summed E-state index contributed by atoms with van der Waals surface area (Å²) in [5, 5.41) is 0. The number of rotatable bonds is 5. The van der Waals surface area contributed by atoms with Crippen molar-refractivity contribution >= 4 is 29.5 Å². The molecular weight excluding hydrogens is 304 g/mol. The third-order valence-electron chi connectivity index (χ3n) is 2.41. The van der Waals surface area contributed by atoms with Crippen LogP contribution in [0.5, 0.6) is 11.5 Å². The van der Waals surface area contributed by atoms with E-state index in [1.165, 1.54) is 25.1 Å². The standard InChI is InChI=1S/C16H14O7/c1-5-15(19)23-16(20)9(2)12-6-7-13(21-10(3)17)14(8-12)22-11(4)18/h5-8H,1-2H2,3-4H3. The predicted octanol–water partition coefficient (Wildman–Crippen LogP) is 1.81. The van der Waals surface area contributed by atoms with Crippen LogP contribution in [0.15, 0.2) is 37.4 Å². The number of ether oxygens (including phenoxy) is 3. The van der Waals surface area contributed by atoms with Crippen LogP contribution in [0.4, 0.5) is 0 Å². The molecule has 0 saturated heterocycles. The van der Waals surface area contributed by atoms with E-state index >= 15 is 0 Å². The Bertz CT molecular complexity index is 700. The maximum Gasteiger partial charge on any atom is 0.346 e. The first-order valence-electron chi connectivity index (χ1n) is 6.33. The largest absolute Gasteiger partial charge is 0.423 e. The van der Waals surface area contributed by atoms with Gasteiger partial charge in [-0.25, -0.2) is 9.59 Å². The molecule has 23 heavy (non-hydrogen) atoms. The van der Waals surface area contributed by atoms with Gasteiger partial charge in [0.1, 0.15) is 0 Å². The van der Waals surface area contributed by atoms with Crippen LogP contribution in [0.1, 0.15) is 19.4 Å². The van der Waals surface area contributed by atoms with E-state index in [1.54, 1.807) is 0 Å². The van der Waals surface area contributed by atoms with Crippen molar-refractivity contribution in [3.63, 3.8) is 0 Å². The molecule has 7 nitrogen and oxygen atoms in total. The summed E-state index contributed by atoms with van der Waals surface area (Å²) in [5.74, 6) is -3.24. The molecule has 0 heterocycles. The molecule has 0 fully saturated rings. The Morgan fingerprint density at radius 3 is 2.09 bits per heavy atom. The van der Waals surface area contributed by atoms with Gasteiger partial charge < -0.3 is 14.2 Å². The summed E-state index contributed by atoms with van der Waals surface area (Å²) in [6.07, 6.45) is 0.833. The molecule has 0 spiro atoms. The number of hydrogen-bond donors (Lipinski definition) is 0. The highest BCUT2D eigenvalue weighted by Gasteiger charge is 2.18. The Morgan fingerprint density at radius 2 is 1.57 bits per heavy atom. The first-order valence-corrected chi connectivity index (χ1v) is 6.33. The van der Waals surface area contributed by atoms with Crippen molar-refractivity contribution in [2.45, 2.75) is 13.8 Å². The van der Waals surface area contributed by atoms with Crippen molar-refractivity contribution < 1.29 is 33.4 Å². The fourth-order valence-corrected chi connectivity index (χ4v) is 1.48. The number of hydrogen-bond acceptors (Lipinski definition) is 7. The molecule has 1 rings (SSSR count). The van der Waals surface area contributed by atoms with E-state index in [0.29, 0.717) is 0 Å². The van der Waals surface area contributed by atoms with Gasteiger partial charge in [0.05, 0.1) is 5.57 Å². The maximum absolute atomic E-state index is 11.7. The fourth-order valence-electron chi connectivity index (χ4n) is 1.48. The molecule has 0 saturated carbocycles. The van der Waals surface area contributed by atoms with Gasteiger partial charge in [-0.05, 0) is 17.7 Å². The van der Waals surface area contributed by atoms with Gasteiger partial charge in [-0.2, -0.15) is 0 Å². The zero-order valence-corrected chi connectivity index (χ0v) is 12.6. The second-order valence-corrected chi connectivity index (χ2v) is 4.24. The third-order valence-corrected chi connectivity index (χ3v) is 2.41. The highest BCUT2D eigenvalue weighted by atomic mass is 16.6. The van der Waals surface area contributed by atoms with Gasteiger partial charge >= 0.3 is 23.9 Å². The average Bonchev–Trinajstić information content (AvgIpc) is 2.47. The quantitative estimate of drug-likeness (QED) is 0.353. The molecular formula is C16H14O7. The number of carbonyl (C=O) groups is 4. The molecule has 0 atom stereocenters. The SMILES string of the molecule is C=CC(=O)OC(=O)C(=C)c1ccc(OC(C)=O)c(OC(C)=O)c1. The normalized spacial score (nSPS) is 9.48. The Hall–Kier alpha value is -3.22. The van der Waals surface area contributed by atoms with E-state index in [4.69, 9.17) is 9.47 Å². The van der Waals surface area contributed by atoms with E-state index in [1.807, 2.05) is 0 Å². The second-order valence-electron chi connectivity index (χ2n) is 4.24. The third kappa shape index (κ3) is 5.24. The first kappa shape index (κ1) is 17.8. The molecule has 0 bridgehead atoms. The molecule has 0 aliphatic rings. The van der Waals surface area contributed by atoms with Crippen molar-refractivity contribution in [1.29, 1.82) is 0 Å².